The molecular formula is C17H17BrN2O4. The minimum absolute atomic E-state index is 0.834. The predicted octanol–water partition coefficient (Wildman–Crippen LogP) is 2.65. The largest absolute Gasteiger partial charge is 0.473 e. The second-order valence-corrected chi connectivity index (χ2v) is 5.45. The van der Waals surface area contributed by atoms with Crippen LogP contribution in [0.3, 0.4) is 0 Å². The third kappa shape index (κ3) is 6.72. The van der Waals surface area contributed by atoms with E-state index in [2.05, 4.69) is 62.6 Å². The van der Waals surface area contributed by atoms with Gasteiger partial charge in [-0.3, -0.25) is 4.98 Å². The normalized spacial score (nSPS) is 10.5. The summed E-state index contributed by atoms with van der Waals surface area (Å²) in [4.78, 5) is 22.4. The van der Waals surface area contributed by atoms with E-state index in [9.17, 15) is 0 Å². The lowest BCUT2D eigenvalue weighted by molar-refractivity contribution is -0.159. The summed E-state index contributed by atoms with van der Waals surface area (Å²) in [5.41, 5.74) is 3.53. The zero-order valence-electron chi connectivity index (χ0n) is 12.9. The molecule has 0 unspecified atom stereocenters. The van der Waals surface area contributed by atoms with Crippen molar-refractivity contribution >= 4 is 33.4 Å². The van der Waals surface area contributed by atoms with E-state index >= 15 is 0 Å². The number of rotatable bonds is 4. The maximum atomic E-state index is 9.10. The quantitative estimate of drug-likeness (QED) is 0.691. The van der Waals surface area contributed by atoms with Crippen molar-refractivity contribution in [2.45, 2.75) is 0 Å². The minimum Gasteiger partial charge on any atom is -0.473 e. The van der Waals surface area contributed by atoms with Gasteiger partial charge in [0.25, 0.3) is 0 Å². The summed E-state index contributed by atoms with van der Waals surface area (Å²) in [6, 6.07) is 12.4. The highest BCUT2D eigenvalue weighted by molar-refractivity contribution is 9.10. The summed E-state index contributed by atoms with van der Waals surface area (Å²) in [6.45, 7) is 0.834. The molecule has 1 aromatic carbocycles. The standard InChI is InChI=1S/C15H15BrN2.C2H2O4/c1-17-10-8-15(13-3-2-9-18-11-13)12-4-6-14(16)7-5-12;3-1(4)2(5)6/h2-9,11,17H,10H2,1H3;(H,3,4)(H,5,6). The molecule has 2 aromatic rings. The maximum Gasteiger partial charge on any atom is 0.414 e. The van der Waals surface area contributed by atoms with E-state index < -0.39 is 11.9 Å². The van der Waals surface area contributed by atoms with Crippen LogP contribution in [0, 0.1) is 0 Å². The molecule has 0 saturated heterocycles. The van der Waals surface area contributed by atoms with Crippen LogP contribution in [0.5, 0.6) is 0 Å². The first-order valence-corrected chi connectivity index (χ1v) is 7.72. The molecule has 126 valence electrons. The monoisotopic (exact) mass is 392 g/mol. The highest BCUT2D eigenvalue weighted by atomic mass is 79.9. The van der Waals surface area contributed by atoms with Gasteiger partial charge in [0.2, 0.25) is 0 Å². The molecule has 0 saturated carbocycles. The third-order valence-corrected chi connectivity index (χ3v) is 3.35. The average molecular weight is 393 g/mol. The fourth-order valence-corrected chi connectivity index (χ4v) is 2.02. The Hall–Kier alpha value is -2.51. The highest BCUT2D eigenvalue weighted by Crippen LogP contribution is 2.23. The van der Waals surface area contributed by atoms with Gasteiger partial charge in [-0.15, -0.1) is 0 Å². The summed E-state index contributed by atoms with van der Waals surface area (Å²) in [7, 11) is 1.94. The second kappa shape index (κ2) is 10.3. The summed E-state index contributed by atoms with van der Waals surface area (Å²) in [5, 5.41) is 17.9. The second-order valence-electron chi connectivity index (χ2n) is 4.53. The number of benzene rings is 1. The van der Waals surface area contributed by atoms with Gasteiger partial charge >= 0.3 is 11.9 Å². The Bertz CT molecular complexity index is 688. The molecule has 1 heterocycles. The molecular weight excluding hydrogens is 376 g/mol. The number of halogens is 1. The van der Waals surface area contributed by atoms with Crippen molar-refractivity contribution in [2.75, 3.05) is 13.6 Å². The molecule has 1 aromatic heterocycles. The molecule has 0 aliphatic heterocycles. The first-order valence-electron chi connectivity index (χ1n) is 6.93. The molecule has 7 heteroatoms. The molecule has 6 nitrogen and oxygen atoms in total. The lowest BCUT2D eigenvalue weighted by Gasteiger charge is -2.08. The van der Waals surface area contributed by atoms with Crippen molar-refractivity contribution in [3.63, 3.8) is 0 Å². The van der Waals surface area contributed by atoms with Gasteiger partial charge < -0.3 is 15.5 Å². The molecule has 0 aliphatic rings. The lowest BCUT2D eigenvalue weighted by atomic mass is 9.99. The zero-order chi connectivity index (χ0) is 17.9. The van der Waals surface area contributed by atoms with E-state index in [0.717, 1.165) is 16.6 Å². The van der Waals surface area contributed by atoms with Crippen LogP contribution in [0.15, 0.2) is 59.3 Å². The van der Waals surface area contributed by atoms with Gasteiger partial charge in [-0.2, -0.15) is 0 Å². The molecule has 3 N–H and O–H groups in total. The van der Waals surface area contributed by atoms with E-state index in [-0.39, 0.29) is 0 Å². The molecule has 0 bridgehead atoms. The molecule has 0 fully saturated rings. The molecule has 2 rings (SSSR count). The Balaban J connectivity index is 0.000000413. The molecule has 0 amide bonds. The van der Waals surface area contributed by atoms with Gasteiger partial charge in [-0.05, 0) is 36.4 Å². The SMILES string of the molecule is CNCC=C(c1ccc(Br)cc1)c1cccnc1.O=C(O)C(=O)O. The van der Waals surface area contributed by atoms with E-state index in [4.69, 9.17) is 19.8 Å². The van der Waals surface area contributed by atoms with Crippen LogP contribution in [0.1, 0.15) is 11.1 Å². The van der Waals surface area contributed by atoms with Crippen LogP contribution in [0.4, 0.5) is 0 Å². The molecule has 0 atom stereocenters. The van der Waals surface area contributed by atoms with Crippen molar-refractivity contribution in [2.24, 2.45) is 0 Å². The molecule has 0 spiro atoms. The number of carboxylic acids is 2. The van der Waals surface area contributed by atoms with E-state index in [0.29, 0.717) is 0 Å². The van der Waals surface area contributed by atoms with Crippen molar-refractivity contribution in [1.29, 1.82) is 0 Å². The Kier molecular flexibility index (Phi) is 8.38. The highest BCUT2D eigenvalue weighted by Gasteiger charge is 2.05. The number of carboxylic acid groups (broad SMARTS) is 2. The number of carbonyl (C=O) groups is 2. The van der Waals surface area contributed by atoms with Gasteiger partial charge in [-0.1, -0.05) is 40.2 Å². The fraction of sp³-hybridized carbons (Fsp3) is 0.118. The summed E-state index contributed by atoms with van der Waals surface area (Å²) in [5.74, 6) is -3.65. The van der Waals surface area contributed by atoms with Crippen molar-refractivity contribution in [3.8, 4) is 0 Å². The first-order chi connectivity index (χ1) is 11.5. The number of hydrogen-bond acceptors (Lipinski definition) is 4. The number of hydrogen-bond donors (Lipinski definition) is 3. The Labute approximate surface area is 148 Å². The third-order valence-electron chi connectivity index (χ3n) is 2.82. The molecule has 24 heavy (non-hydrogen) atoms. The topological polar surface area (TPSA) is 99.5 Å². The summed E-state index contributed by atoms with van der Waals surface area (Å²) >= 11 is 3.46. The smallest absolute Gasteiger partial charge is 0.414 e. The van der Waals surface area contributed by atoms with Gasteiger partial charge in [0.1, 0.15) is 0 Å². The van der Waals surface area contributed by atoms with Gasteiger partial charge in [-0.25, -0.2) is 9.59 Å². The van der Waals surface area contributed by atoms with Crippen molar-refractivity contribution in [3.05, 3.63) is 70.5 Å². The van der Waals surface area contributed by atoms with Gasteiger partial charge in [0, 0.05) is 29.0 Å². The van der Waals surface area contributed by atoms with Gasteiger partial charge in [0.05, 0.1) is 0 Å². The lowest BCUT2D eigenvalue weighted by Crippen LogP contribution is -2.09. The summed E-state index contributed by atoms with van der Waals surface area (Å²) in [6.07, 6.45) is 5.87. The maximum absolute atomic E-state index is 9.10. The van der Waals surface area contributed by atoms with Crippen LogP contribution in [0.25, 0.3) is 5.57 Å². The number of aromatic nitrogens is 1. The summed E-state index contributed by atoms with van der Waals surface area (Å²) < 4.78 is 1.09. The Morgan fingerprint density at radius 1 is 1.12 bits per heavy atom. The predicted molar refractivity (Wildman–Crippen MR) is 94.7 cm³/mol. The van der Waals surface area contributed by atoms with Crippen molar-refractivity contribution < 1.29 is 19.8 Å². The molecule has 0 radical (unpaired) electrons. The number of likely N-dealkylation sites (N-methyl/N-ethyl adjacent to an activating group) is 1. The first kappa shape index (κ1) is 19.5. The van der Waals surface area contributed by atoms with E-state index in [1.165, 1.54) is 11.1 Å². The van der Waals surface area contributed by atoms with Crippen molar-refractivity contribution in [1.82, 2.24) is 10.3 Å². The van der Waals surface area contributed by atoms with E-state index in [1.807, 2.05) is 19.3 Å². The van der Waals surface area contributed by atoms with Crippen LogP contribution in [0.2, 0.25) is 0 Å². The number of aliphatic carboxylic acids is 2. The van der Waals surface area contributed by atoms with Crippen LogP contribution in [-0.2, 0) is 9.59 Å². The number of nitrogens with one attached hydrogen (secondary N) is 1. The minimum atomic E-state index is -1.82. The van der Waals surface area contributed by atoms with E-state index in [1.54, 1.807) is 6.20 Å². The average Bonchev–Trinajstić information content (AvgIpc) is 2.58. The fourth-order valence-electron chi connectivity index (χ4n) is 1.76. The van der Waals surface area contributed by atoms with Gasteiger partial charge in [0.15, 0.2) is 0 Å². The Morgan fingerprint density at radius 2 is 1.75 bits per heavy atom. The van der Waals surface area contributed by atoms with Crippen LogP contribution < -0.4 is 5.32 Å². The van der Waals surface area contributed by atoms with Crippen LogP contribution in [-0.4, -0.2) is 40.7 Å². The molecule has 0 aliphatic carbocycles. The Morgan fingerprint density at radius 3 is 2.21 bits per heavy atom. The number of pyridine rings is 1. The van der Waals surface area contributed by atoms with Crippen LogP contribution >= 0.6 is 15.9 Å². The zero-order valence-corrected chi connectivity index (χ0v) is 14.5. The number of nitrogens with zero attached hydrogens (tertiary/aromatic N) is 1.